The quantitative estimate of drug-likeness (QED) is 0.744. The Bertz CT molecular complexity index is 504. The normalized spacial score (nSPS) is 11.2. The van der Waals surface area contributed by atoms with Crippen LogP contribution in [0, 0.1) is 12.3 Å². The minimum absolute atomic E-state index is 0.128. The molecule has 0 saturated heterocycles. The van der Waals surface area contributed by atoms with E-state index in [0.29, 0.717) is 11.3 Å². The Morgan fingerprint density at radius 1 is 1.47 bits per heavy atom. The Balaban J connectivity index is 2.73. The van der Waals surface area contributed by atoms with Crippen LogP contribution >= 0.6 is 0 Å². The molecule has 0 aliphatic carbocycles. The van der Waals surface area contributed by atoms with Gasteiger partial charge in [-0.3, -0.25) is 9.59 Å². The van der Waals surface area contributed by atoms with Crippen molar-refractivity contribution < 1.29 is 19.4 Å². The van der Waals surface area contributed by atoms with Crippen molar-refractivity contribution >= 4 is 11.9 Å². The van der Waals surface area contributed by atoms with Crippen LogP contribution in [0.5, 0.6) is 5.75 Å². The molecule has 1 rings (SSSR count). The number of terminal acetylenes is 1. The summed E-state index contributed by atoms with van der Waals surface area (Å²) in [6.45, 7) is 1.70. The molecule has 100 valence electrons. The van der Waals surface area contributed by atoms with Crippen LogP contribution in [0.2, 0.25) is 0 Å². The summed E-state index contributed by atoms with van der Waals surface area (Å²) in [5.41, 5.74) is 0.520. The number of hydrogen-bond acceptors (Lipinski definition) is 3. The maximum Gasteiger partial charge on any atom is 0.307 e. The molecule has 0 bridgehead atoms. The third-order valence-electron chi connectivity index (χ3n) is 2.35. The van der Waals surface area contributed by atoms with Gasteiger partial charge in [0.05, 0.1) is 13.0 Å². The smallest absolute Gasteiger partial charge is 0.307 e. The minimum atomic E-state index is -0.958. The van der Waals surface area contributed by atoms with Crippen LogP contribution in [0.25, 0.3) is 0 Å². The van der Waals surface area contributed by atoms with Gasteiger partial charge in [0.2, 0.25) is 0 Å². The van der Waals surface area contributed by atoms with Gasteiger partial charge in [0.15, 0.2) is 6.10 Å². The highest BCUT2D eigenvalue weighted by molar-refractivity contribution is 5.81. The van der Waals surface area contributed by atoms with E-state index in [2.05, 4.69) is 11.2 Å². The number of aliphatic carboxylic acids is 1. The topological polar surface area (TPSA) is 75.6 Å². The predicted molar refractivity (Wildman–Crippen MR) is 69.7 cm³/mol. The van der Waals surface area contributed by atoms with E-state index in [1.54, 1.807) is 31.2 Å². The van der Waals surface area contributed by atoms with Gasteiger partial charge in [-0.25, -0.2) is 0 Å². The average Bonchev–Trinajstić information content (AvgIpc) is 2.37. The first-order valence-electron chi connectivity index (χ1n) is 5.72. The Morgan fingerprint density at radius 2 is 2.16 bits per heavy atom. The number of para-hydroxylation sites is 1. The van der Waals surface area contributed by atoms with Crippen molar-refractivity contribution in [2.45, 2.75) is 19.4 Å². The summed E-state index contributed by atoms with van der Waals surface area (Å²) in [7, 11) is 0. The number of rotatable bonds is 6. The number of benzene rings is 1. The van der Waals surface area contributed by atoms with Crippen LogP contribution in [-0.4, -0.2) is 29.6 Å². The van der Waals surface area contributed by atoms with E-state index in [4.69, 9.17) is 16.3 Å². The van der Waals surface area contributed by atoms with Crippen molar-refractivity contribution in [2.75, 3.05) is 6.54 Å². The van der Waals surface area contributed by atoms with E-state index in [9.17, 15) is 9.59 Å². The summed E-state index contributed by atoms with van der Waals surface area (Å²) in [5, 5.41) is 11.3. The van der Waals surface area contributed by atoms with Gasteiger partial charge in [0.1, 0.15) is 5.75 Å². The molecular formula is C14H15NO4. The van der Waals surface area contributed by atoms with Gasteiger partial charge < -0.3 is 15.2 Å². The Kier molecular flexibility index (Phi) is 5.42. The summed E-state index contributed by atoms with van der Waals surface area (Å²) in [6.07, 6.45) is 4.13. The number of carboxylic acid groups (broad SMARTS) is 1. The third-order valence-corrected chi connectivity index (χ3v) is 2.35. The lowest BCUT2D eigenvalue weighted by molar-refractivity contribution is -0.136. The number of amides is 1. The zero-order chi connectivity index (χ0) is 14.3. The molecule has 19 heavy (non-hydrogen) atoms. The van der Waals surface area contributed by atoms with Gasteiger partial charge in [0, 0.05) is 5.56 Å². The summed E-state index contributed by atoms with van der Waals surface area (Å²) in [6, 6.07) is 6.71. The molecule has 0 aliphatic rings. The molecule has 0 heterocycles. The fraction of sp³-hybridized carbons (Fsp3) is 0.286. The van der Waals surface area contributed by atoms with E-state index in [-0.39, 0.29) is 18.9 Å². The van der Waals surface area contributed by atoms with Gasteiger partial charge in [-0.05, 0) is 13.0 Å². The number of ether oxygens (including phenoxy) is 1. The molecule has 1 aromatic rings. The SMILES string of the molecule is C#CCNC(=O)C(C)Oc1ccccc1CC(=O)O. The highest BCUT2D eigenvalue weighted by Crippen LogP contribution is 2.19. The average molecular weight is 261 g/mol. The molecule has 0 aliphatic heterocycles. The Labute approximate surface area is 111 Å². The molecule has 0 radical (unpaired) electrons. The Morgan fingerprint density at radius 3 is 2.79 bits per heavy atom. The Hall–Kier alpha value is -2.48. The van der Waals surface area contributed by atoms with Gasteiger partial charge in [0.25, 0.3) is 5.91 Å². The summed E-state index contributed by atoms with van der Waals surface area (Å²) in [4.78, 5) is 22.3. The van der Waals surface area contributed by atoms with Crippen LogP contribution in [-0.2, 0) is 16.0 Å². The van der Waals surface area contributed by atoms with Crippen molar-refractivity contribution in [3.8, 4) is 18.1 Å². The van der Waals surface area contributed by atoms with E-state index < -0.39 is 12.1 Å². The maximum atomic E-state index is 11.6. The zero-order valence-corrected chi connectivity index (χ0v) is 10.6. The standard InChI is InChI=1S/C14H15NO4/c1-3-8-15-14(18)10(2)19-12-7-5-4-6-11(12)9-13(16)17/h1,4-7,10H,8-9H2,2H3,(H,15,18)(H,16,17). The van der Waals surface area contributed by atoms with E-state index in [0.717, 1.165) is 0 Å². The molecule has 0 spiro atoms. The van der Waals surface area contributed by atoms with Crippen LogP contribution in [0.1, 0.15) is 12.5 Å². The molecule has 1 unspecified atom stereocenters. The second kappa shape index (κ2) is 7.07. The summed E-state index contributed by atoms with van der Waals surface area (Å²) >= 11 is 0. The largest absolute Gasteiger partial charge is 0.481 e. The predicted octanol–water partition coefficient (Wildman–Crippen LogP) is 0.830. The molecular weight excluding hydrogens is 246 g/mol. The van der Waals surface area contributed by atoms with Crippen molar-refractivity contribution in [1.82, 2.24) is 5.32 Å². The molecule has 1 aromatic carbocycles. The molecule has 2 N–H and O–H groups in total. The number of carbonyl (C=O) groups is 2. The number of carbonyl (C=O) groups excluding carboxylic acids is 1. The van der Waals surface area contributed by atoms with Crippen LogP contribution in [0.3, 0.4) is 0 Å². The first-order chi connectivity index (χ1) is 9.04. The summed E-state index contributed by atoms with van der Waals surface area (Å²) < 4.78 is 5.46. The molecule has 0 aromatic heterocycles. The molecule has 1 amide bonds. The second-order valence-corrected chi connectivity index (χ2v) is 3.86. The van der Waals surface area contributed by atoms with Gasteiger partial charge in [-0.15, -0.1) is 6.42 Å². The van der Waals surface area contributed by atoms with E-state index >= 15 is 0 Å². The number of hydrogen-bond donors (Lipinski definition) is 2. The lowest BCUT2D eigenvalue weighted by atomic mass is 10.1. The lowest BCUT2D eigenvalue weighted by Gasteiger charge is -2.16. The number of carboxylic acids is 1. The third kappa shape index (κ3) is 4.72. The van der Waals surface area contributed by atoms with Gasteiger partial charge in [-0.2, -0.15) is 0 Å². The highest BCUT2D eigenvalue weighted by atomic mass is 16.5. The van der Waals surface area contributed by atoms with Crippen molar-refractivity contribution in [2.24, 2.45) is 0 Å². The van der Waals surface area contributed by atoms with E-state index in [1.807, 2.05) is 0 Å². The van der Waals surface area contributed by atoms with Crippen molar-refractivity contribution in [1.29, 1.82) is 0 Å². The first-order valence-corrected chi connectivity index (χ1v) is 5.72. The van der Waals surface area contributed by atoms with Crippen molar-refractivity contribution in [3.63, 3.8) is 0 Å². The fourth-order valence-electron chi connectivity index (χ4n) is 1.45. The maximum absolute atomic E-state index is 11.6. The molecule has 1 atom stereocenters. The van der Waals surface area contributed by atoms with Crippen LogP contribution in [0.15, 0.2) is 24.3 Å². The zero-order valence-electron chi connectivity index (χ0n) is 10.6. The lowest BCUT2D eigenvalue weighted by Crippen LogP contribution is -2.36. The second-order valence-electron chi connectivity index (χ2n) is 3.86. The fourth-order valence-corrected chi connectivity index (χ4v) is 1.45. The van der Waals surface area contributed by atoms with Crippen LogP contribution < -0.4 is 10.1 Å². The van der Waals surface area contributed by atoms with Gasteiger partial charge >= 0.3 is 5.97 Å². The monoisotopic (exact) mass is 261 g/mol. The summed E-state index contributed by atoms with van der Waals surface area (Å²) in [5.74, 6) is 1.37. The van der Waals surface area contributed by atoms with Crippen molar-refractivity contribution in [3.05, 3.63) is 29.8 Å². The molecule has 5 heteroatoms. The number of nitrogens with one attached hydrogen (secondary N) is 1. The van der Waals surface area contributed by atoms with E-state index in [1.165, 1.54) is 0 Å². The molecule has 0 fully saturated rings. The minimum Gasteiger partial charge on any atom is -0.481 e. The molecule has 0 saturated carbocycles. The highest BCUT2D eigenvalue weighted by Gasteiger charge is 2.16. The van der Waals surface area contributed by atoms with Gasteiger partial charge in [-0.1, -0.05) is 24.1 Å². The first kappa shape index (κ1) is 14.6. The molecule has 5 nitrogen and oxygen atoms in total. The van der Waals surface area contributed by atoms with Crippen LogP contribution in [0.4, 0.5) is 0 Å².